The van der Waals surface area contributed by atoms with E-state index in [1.165, 1.54) is 0 Å². The van der Waals surface area contributed by atoms with Crippen molar-refractivity contribution in [3.63, 3.8) is 0 Å². The Morgan fingerprint density at radius 1 is 1.43 bits per heavy atom. The molecule has 0 heterocycles. The maximum atomic E-state index is 5.02. The molecule has 0 aromatic rings. The van der Waals surface area contributed by atoms with Crippen molar-refractivity contribution < 1.29 is 4.53 Å². The maximum Gasteiger partial charge on any atom is 0.175 e. The van der Waals surface area contributed by atoms with Crippen LogP contribution in [0.5, 0.6) is 0 Å². The van der Waals surface area contributed by atoms with Gasteiger partial charge in [-0.25, -0.2) is 5.06 Å². The highest BCUT2D eigenvalue weighted by Gasteiger charge is 1.89. The highest BCUT2D eigenvalue weighted by atomic mass is 28.2. The maximum absolute atomic E-state index is 5.02. The molecule has 0 radical (unpaired) electrons. The summed E-state index contributed by atoms with van der Waals surface area (Å²) in [5, 5.41) is 1.94. The Kier molecular flexibility index (Phi) is 4.38. The zero-order valence-electron chi connectivity index (χ0n) is 5.27. The van der Waals surface area contributed by atoms with Gasteiger partial charge in [-0.05, 0) is 0 Å². The number of hydrogen-bond donors (Lipinski definition) is 0. The molecule has 0 aromatic heterocycles. The largest absolute Gasteiger partial charge is 0.355 e. The smallest absolute Gasteiger partial charge is 0.175 e. The Morgan fingerprint density at radius 3 is 1.86 bits per heavy atom. The molecule has 0 aliphatic heterocycles. The van der Waals surface area contributed by atoms with E-state index in [4.69, 9.17) is 4.53 Å². The summed E-state index contributed by atoms with van der Waals surface area (Å²) in [5.41, 5.74) is 0. The van der Waals surface area contributed by atoms with E-state index in [9.17, 15) is 0 Å². The van der Waals surface area contributed by atoms with E-state index in [0.717, 1.165) is 23.6 Å². The first-order valence-corrected chi connectivity index (χ1v) is 3.45. The molecule has 0 atom stereocenters. The van der Waals surface area contributed by atoms with E-state index in [1.807, 2.05) is 5.06 Å². The normalized spacial score (nSPS) is 10.7. The zero-order chi connectivity index (χ0) is 5.70. The van der Waals surface area contributed by atoms with Gasteiger partial charge in [-0.15, -0.1) is 0 Å². The molecular weight excluding hydrogens is 106 g/mol. The van der Waals surface area contributed by atoms with Crippen molar-refractivity contribution in [1.29, 1.82) is 0 Å². The van der Waals surface area contributed by atoms with E-state index in [0.29, 0.717) is 0 Å². The topological polar surface area (TPSA) is 12.5 Å². The molecule has 0 spiro atoms. The third kappa shape index (κ3) is 2.79. The molecule has 0 fully saturated rings. The van der Waals surface area contributed by atoms with Crippen LogP contribution in [-0.4, -0.2) is 28.6 Å². The van der Waals surface area contributed by atoms with Gasteiger partial charge in [0.05, 0.1) is 0 Å². The fourth-order valence-electron chi connectivity index (χ4n) is 0.482. The van der Waals surface area contributed by atoms with E-state index in [-0.39, 0.29) is 0 Å². The van der Waals surface area contributed by atoms with E-state index in [1.54, 1.807) is 0 Å². The first-order valence-electron chi connectivity index (χ1n) is 2.64. The Balaban J connectivity index is 2.99. The molecule has 0 amide bonds. The second-order valence-electron chi connectivity index (χ2n) is 1.30. The third-order valence-electron chi connectivity index (χ3n) is 0.964. The van der Waals surface area contributed by atoms with Crippen LogP contribution < -0.4 is 0 Å². The van der Waals surface area contributed by atoms with Gasteiger partial charge in [0, 0.05) is 13.1 Å². The van der Waals surface area contributed by atoms with E-state index in [2.05, 4.69) is 13.8 Å². The molecule has 0 N–H and O–H groups in total. The molecule has 0 rings (SSSR count). The fourth-order valence-corrected chi connectivity index (χ4v) is 0.998. The van der Waals surface area contributed by atoms with Crippen molar-refractivity contribution in [3.05, 3.63) is 0 Å². The highest BCUT2D eigenvalue weighted by Crippen LogP contribution is 1.81. The van der Waals surface area contributed by atoms with Crippen LogP contribution in [0.2, 0.25) is 0 Å². The molecule has 0 aliphatic carbocycles. The van der Waals surface area contributed by atoms with Gasteiger partial charge in [0.2, 0.25) is 0 Å². The van der Waals surface area contributed by atoms with Crippen LogP contribution in [0, 0.1) is 0 Å². The molecule has 0 saturated carbocycles. The van der Waals surface area contributed by atoms with Gasteiger partial charge in [0.25, 0.3) is 0 Å². The molecule has 7 heavy (non-hydrogen) atoms. The SMILES string of the molecule is CCN(CC)O[SiH3]. The second-order valence-corrected chi connectivity index (χ2v) is 1.66. The highest BCUT2D eigenvalue weighted by molar-refractivity contribution is 5.97. The minimum absolute atomic E-state index is 0.817. The predicted octanol–water partition coefficient (Wildman–Crippen LogP) is -0.460. The summed E-state index contributed by atoms with van der Waals surface area (Å²) in [5.74, 6) is 0. The van der Waals surface area contributed by atoms with Gasteiger partial charge in [-0.1, -0.05) is 13.8 Å². The second kappa shape index (κ2) is 4.30. The number of rotatable bonds is 3. The van der Waals surface area contributed by atoms with Crippen molar-refractivity contribution in [3.8, 4) is 0 Å². The average molecular weight is 119 g/mol. The quantitative estimate of drug-likeness (QED) is 0.368. The molecule has 0 aliphatic rings. The molecule has 0 bridgehead atoms. The number of hydroxylamine groups is 2. The minimum Gasteiger partial charge on any atom is -0.355 e. The van der Waals surface area contributed by atoms with Gasteiger partial charge >= 0.3 is 0 Å². The lowest BCUT2D eigenvalue weighted by atomic mass is 10.6. The lowest BCUT2D eigenvalue weighted by Crippen LogP contribution is -2.21. The molecular formula is C4H13NOSi. The lowest BCUT2D eigenvalue weighted by molar-refractivity contribution is -0.0409. The first kappa shape index (κ1) is 7.14. The zero-order valence-corrected chi connectivity index (χ0v) is 7.27. The third-order valence-corrected chi connectivity index (χ3v) is 1.48. The van der Waals surface area contributed by atoms with Crippen LogP contribution in [0.25, 0.3) is 0 Å². The van der Waals surface area contributed by atoms with Gasteiger partial charge in [-0.3, -0.25) is 0 Å². The first-order chi connectivity index (χ1) is 3.35. The number of hydrogen-bond acceptors (Lipinski definition) is 2. The van der Waals surface area contributed by atoms with Crippen molar-refractivity contribution in [2.75, 3.05) is 13.1 Å². The predicted molar refractivity (Wildman–Crippen MR) is 33.9 cm³/mol. The molecule has 2 nitrogen and oxygen atoms in total. The van der Waals surface area contributed by atoms with Gasteiger partial charge < -0.3 is 4.53 Å². The average Bonchev–Trinajstić information content (AvgIpc) is 1.72. The van der Waals surface area contributed by atoms with Crippen molar-refractivity contribution >= 4 is 10.5 Å². The molecule has 0 saturated heterocycles. The molecule has 3 heteroatoms. The summed E-state index contributed by atoms with van der Waals surface area (Å²) in [4.78, 5) is 0. The van der Waals surface area contributed by atoms with E-state index >= 15 is 0 Å². The standard InChI is InChI=1S/C4H13NOSi/c1-3-5(4-2)6-7/h3-4H2,1-2,7H3. The Labute approximate surface area is 48.0 Å². The monoisotopic (exact) mass is 119 g/mol. The summed E-state index contributed by atoms with van der Waals surface area (Å²) in [7, 11) is 0.817. The Bertz CT molecular complexity index is 33.2. The van der Waals surface area contributed by atoms with Crippen LogP contribution in [-0.2, 0) is 4.53 Å². The molecule has 0 aromatic carbocycles. The number of nitrogens with zero attached hydrogens (tertiary/aromatic N) is 1. The van der Waals surface area contributed by atoms with E-state index < -0.39 is 0 Å². The van der Waals surface area contributed by atoms with Crippen LogP contribution in [0.15, 0.2) is 0 Å². The van der Waals surface area contributed by atoms with Crippen molar-refractivity contribution in [2.45, 2.75) is 13.8 Å². The summed E-state index contributed by atoms with van der Waals surface area (Å²) < 4.78 is 5.02. The van der Waals surface area contributed by atoms with Gasteiger partial charge in [-0.2, -0.15) is 0 Å². The van der Waals surface area contributed by atoms with Crippen LogP contribution in [0.3, 0.4) is 0 Å². The minimum atomic E-state index is 0.817. The van der Waals surface area contributed by atoms with Crippen LogP contribution in [0.4, 0.5) is 0 Å². The van der Waals surface area contributed by atoms with Crippen molar-refractivity contribution in [1.82, 2.24) is 5.06 Å². The summed E-state index contributed by atoms with van der Waals surface area (Å²) in [6, 6.07) is 0. The van der Waals surface area contributed by atoms with Gasteiger partial charge in [0.1, 0.15) is 0 Å². The summed E-state index contributed by atoms with van der Waals surface area (Å²) in [6.45, 7) is 6.17. The fraction of sp³-hybridized carbons (Fsp3) is 1.00. The van der Waals surface area contributed by atoms with Gasteiger partial charge in [0.15, 0.2) is 10.5 Å². The Hall–Kier alpha value is 0.137. The van der Waals surface area contributed by atoms with Crippen LogP contribution >= 0.6 is 0 Å². The van der Waals surface area contributed by atoms with Crippen molar-refractivity contribution in [2.24, 2.45) is 0 Å². The molecule has 44 valence electrons. The lowest BCUT2D eigenvalue weighted by Gasteiger charge is -2.14. The van der Waals surface area contributed by atoms with Crippen LogP contribution in [0.1, 0.15) is 13.8 Å². The summed E-state index contributed by atoms with van der Waals surface area (Å²) >= 11 is 0. The Morgan fingerprint density at radius 2 is 1.86 bits per heavy atom. The summed E-state index contributed by atoms with van der Waals surface area (Å²) in [6.07, 6.45) is 0. The molecule has 0 unspecified atom stereocenters.